The van der Waals surface area contributed by atoms with E-state index in [1.54, 1.807) is 12.1 Å². The lowest BCUT2D eigenvalue weighted by molar-refractivity contribution is -0.174. The maximum atomic E-state index is 13.0. The van der Waals surface area contributed by atoms with Crippen LogP contribution in [0.2, 0.25) is 0 Å². The molecule has 2 unspecified atom stereocenters. The van der Waals surface area contributed by atoms with Crippen LogP contribution in [0.25, 0.3) is 0 Å². The van der Waals surface area contributed by atoms with Gasteiger partial charge in [0, 0.05) is 12.5 Å². The molecule has 2 aromatic heterocycles. The summed E-state index contributed by atoms with van der Waals surface area (Å²) in [5.74, 6) is 0.849. The molecule has 3 rings (SSSR count). The molecule has 7 heteroatoms. The van der Waals surface area contributed by atoms with E-state index in [-0.39, 0.29) is 6.42 Å². The summed E-state index contributed by atoms with van der Waals surface area (Å²) in [6, 6.07) is 2.73. The Kier molecular flexibility index (Phi) is 2.36. The summed E-state index contributed by atoms with van der Waals surface area (Å²) in [5.41, 5.74) is 0. The molecule has 0 aliphatic carbocycles. The van der Waals surface area contributed by atoms with Crippen molar-refractivity contribution in [3.63, 3.8) is 0 Å². The van der Waals surface area contributed by atoms with Gasteiger partial charge in [-0.15, -0.1) is 0 Å². The van der Waals surface area contributed by atoms with E-state index < -0.39 is 18.3 Å². The fourth-order valence-corrected chi connectivity index (χ4v) is 2.19. The zero-order chi connectivity index (χ0) is 12.8. The molecule has 2 atom stereocenters. The summed E-state index contributed by atoms with van der Waals surface area (Å²) in [4.78, 5) is 0. The first kappa shape index (κ1) is 11.2. The van der Waals surface area contributed by atoms with Gasteiger partial charge in [0.2, 0.25) is 0 Å². The van der Waals surface area contributed by atoms with Crippen LogP contribution in [0, 0.1) is 0 Å². The molecule has 0 spiro atoms. The molecule has 1 aliphatic rings. The Hall–Kier alpha value is -1.92. The summed E-state index contributed by atoms with van der Waals surface area (Å²) in [6.07, 6.45) is -1.66. The van der Waals surface area contributed by atoms with Crippen molar-refractivity contribution < 1.29 is 17.6 Å². The van der Waals surface area contributed by atoms with Crippen LogP contribution in [0.1, 0.15) is 24.3 Å². The summed E-state index contributed by atoms with van der Waals surface area (Å²) >= 11 is 0. The molecular weight excluding hydrogens is 247 g/mol. The van der Waals surface area contributed by atoms with Gasteiger partial charge >= 0.3 is 6.18 Å². The van der Waals surface area contributed by atoms with Crippen molar-refractivity contribution in [3.05, 3.63) is 36.4 Å². The molecule has 1 N–H and O–H groups in total. The smallest absolute Gasteiger partial charge is 0.410 e. The van der Waals surface area contributed by atoms with Crippen molar-refractivity contribution in [3.8, 4) is 0 Å². The lowest BCUT2D eigenvalue weighted by Crippen LogP contribution is -2.35. The van der Waals surface area contributed by atoms with Crippen LogP contribution in [-0.4, -0.2) is 16.0 Å². The van der Waals surface area contributed by atoms with Crippen LogP contribution in [0.15, 0.2) is 35.1 Å². The fourth-order valence-electron chi connectivity index (χ4n) is 2.19. The Morgan fingerprint density at radius 3 is 2.89 bits per heavy atom. The topological polar surface area (TPSA) is 43.0 Å². The van der Waals surface area contributed by atoms with Gasteiger partial charge in [-0.25, -0.2) is 4.68 Å². The van der Waals surface area contributed by atoms with E-state index in [4.69, 9.17) is 4.42 Å². The number of anilines is 1. The third kappa shape index (κ3) is 1.75. The number of fused-ring (bicyclic) bond motifs is 1. The quantitative estimate of drug-likeness (QED) is 0.853. The lowest BCUT2D eigenvalue weighted by Gasteiger charge is -2.32. The first-order valence-corrected chi connectivity index (χ1v) is 5.46. The highest BCUT2D eigenvalue weighted by Crippen LogP contribution is 2.43. The Labute approximate surface area is 100 Å². The first-order chi connectivity index (χ1) is 8.55. The molecule has 0 fully saturated rings. The Bertz CT molecular complexity index is 532. The molecule has 0 saturated carbocycles. The molecule has 3 heterocycles. The van der Waals surface area contributed by atoms with Crippen molar-refractivity contribution in [1.29, 1.82) is 0 Å². The summed E-state index contributed by atoms with van der Waals surface area (Å²) < 4.78 is 45.1. The van der Waals surface area contributed by atoms with Crippen LogP contribution in [0.3, 0.4) is 0 Å². The number of nitrogens with zero attached hydrogens (tertiary/aromatic N) is 2. The number of furan rings is 1. The van der Waals surface area contributed by atoms with Crippen LogP contribution in [0.5, 0.6) is 0 Å². The third-order valence-corrected chi connectivity index (χ3v) is 3.01. The van der Waals surface area contributed by atoms with Crippen molar-refractivity contribution in [2.45, 2.75) is 24.7 Å². The zero-order valence-electron chi connectivity index (χ0n) is 9.19. The average molecular weight is 257 g/mol. The summed E-state index contributed by atoms with van der Waals surface area (Å²) in [7, 11) is 0. The predicted molar refractivity (Wildman–Crippen MR) is 57.0 cm³/mol. The number of alkyl halides is 3. The van der Waals surface area contributed by atoms with Crippen LogP contribution in [0.4, 0.5) is 19.0 Å². The van der Waals surface area contributed by atoms with E-state index in [9.17, 15) is 13.2 Å². The monoisotopic (exact) mass is 257 g/mol. The maximum Gasteiger partial charge on any atom is 0.410 e. The zero-order valence-corrected chi connectivity index (χ0v) is 9.19. The molecule has 0 amide bonds. The summed E-state index contributed by atoms with van der Waals surface area (Å²) in [6.45, 7) is 0. The van der Waals surface area contributed by atoms with Gasteiger partial charge in [0.05, 0.1) is 18.5 Å². The van der Waals surface area contributed by atoms with E-state index in [1.807, 2.05) is 0 Å². The molecule has 0 radical (unpaired) electrons. The Morgan fingerprint density at radius 2 is 2.22 bits per heavy atom. The van der Waals surface area contributed by atoms with Gasteiger partial charge in [-0.3, -0.25) is 0 Å². The highest BCUT2D eigenvalue weighted by molar-refractivity contribution is 5.39. The van der Waals surface area contributed by atoms with Gasteiger partial charge < -0.3 is 9.73 Å². The maximum absolute atomic E-state index is 13.0. The van der Waals surface area contributed by atoms with Crippen molar-refractivity contribution >= 4 is 5.82 Å². The molecule has 1 aliphatic heterocycles. The minimum absolute atomic E-state index is 0.133. The van der Waals surface area contributed by atoms with E-state index >= 15 is 0 Å². The largest absolute Gasteiger partial charge is 0.467 e. The number of hydrogen-bond acceptors (Lipinski definition) is 3. The molecule has 0 aromatic carbocycles. The number of hydrogen-bond donors (Lipinski definition) is 1. The first-order valence-electron chi connectivity index (χ1n) is 5.46. The highest BCUT2D eigenvalue weighted by Gasteiger charge is 2.46. The minimum atomic E-state index is -4.33. The van der Waals surface area contributed by atoms with Gasteiger partial charge in [0.15, 0.2) is 6.04 Å². The second-order valence-corrected chi connectivity index (χ2v) is 4.17. The van der Waals surface area contributed by atoms with Gasteiger partial charge in [-0.1, -0.05) is 0 Å². The number of aromatic nitrogens is 2. The molecule has 18 heavy (non-hydrogen) atoms. The van der Waals surface area contributed by atoms with E-state index in [0.717, 1.165) is 4.68 Å². The van der Waals surface area contributed by atoms with E-state index in [0.29, 0.717) is 11.6 Å². The molecule has 96 valence electrons. The number of rotatable bonds is 1. The van der Waals surface area contributed by atoms with Crippen molar-refractivity contribution in [1.82, 2.24) is 9.78 Å². The fraction of sp³-hybridized carbons (Fsp3) is 0.364. The minimum Gasteiger partial charge on any atom is -0.467 e. The van der Waals surface area contributed by atoms with Crippen LogP contribution in [-0.2, 0) is 0 Å². The highest BCUT2D eigenvalue weighted by atomic mass is 19.4. The number of halogens is 3. The van der Waals surface area contributed by atoms with Crippen LogP contribution >= 0.6 is 0 Å². The van der Waals surface area contributed by atoms with E-state index in [1.165, 1.54) is 18.5 Å². The average Bonchev–Trinajstić information content (AvgIpc) is 2.97. The normalized spacial score (nSPS) is 23.5. The van der Waals surface area contributed by atoms with Crippen molar-refractivity contribution in [2.75, 3.05) is 5.32 Å². The van der Waals surface area contributed by atoms with Gasteiger partial charge in [0.1, 0.15) is 11.6 Å². The molecular formula is C11H10F3N3O. The Balaban J connectivity index is 1.97. The van der Waals surface area contributed by atoms with Gasteiger partial charge in [0.25, 0.3) is 0 Å². The SMILES string of the molecule is FC(F)(F)C1CC(c2ccco2)Nc2ccnn21. The number of nitrogens with one attached hydrogen (secondary N) is 1. The van der Waals surface area contributed by atoms with E-state index in [2.05, 4.69) is 10.4 Å². The lowest BCUT2D eigenvalue weighted by atomic mass is 10.0. The molecule has 4 nitrogen and oxygen atoms in total. The molecule has 2 aromatic rings. The predicted octanol–water partition coefficient (Wildman–Crippen LogP) is 3.14. The molecule has 0 saturated heterocycles. The van der Waals surface area contributed by atoms with Gasteiger partial charge in [-0.2, -0.15) is 18.3 Å². The van der Waals surface area contributed by atoms with Gasteiger partial charge in [-0.05, 0) is 12.1 Å². The summed E-state index contributed by atoms with van der Waals surface area (Å²) in [5, 5.41) is 6.71. The third-order valence-electron chi connectivity index (χ3n) is 3.01. The van der Waals surface area contributed by atoms with Crippen molar-refractivity contribution in [2.24, 2.45) is 0 Å². The second kappa shape index (κ2) is 3.79. The Morgan fingerprint density at radius 1 is 1.39 bits per heavy atom. The molecule has 0 bridgehead atoms. The van der Waals surface area contributed by atoms with Crippen LogP contribution < -0.4 is 5.32 Å². The standard InChI is InChI=1S/C11H10F3N3O/c12-11(13,14)9-6-7(8-2-1-5-18-8)16-10-3-4-15-17(9)10/h1-5,7,9,16H,6H2. The second-order valence-electron chi connectivity index (χ2n) is 4.17.